The summed E-state index contributed by atoms with van der Waals surface area (Å²) in [4.78, 5) is 12.3. The van der Waals surface area contributed by atoms with Gasteiger partial charge in [-0.2, -0.15) is 0 Å². The Labute approximate surface area is 163 Å². The van der Waals surface area contributed by atoms with E-state index in [1.165, 1.54) is 17.3 Å². The molecule has 3 aromatic rings. The van der Waals surface area contributed by atoms with E-state index >= 15 is 0 Å². The molecule has 0 spiro atoms. The molecule has 7 heteroatoms. The lowest BCUT2D eigenvalue weighted by Gasteiger charge is -2.11. The molecule has 140 valence electrons. The number of ether oxygens (including phenoxy) is 1. The van der Waals surface area contributed by atoms with Gasteiger partial charge in [-0.25, -0.2) is 0 Å². The zero-order valence-electron chi connectivity index (χ0n) is 15.4. The topological polar surface area (TPSA) is 69.0 Å². The summed E-state index contributed by atoms with van der Waals surface area (Å²) in [5, 5.41) is 11.8. The lowest BCUT2D eigenvalue weighted by atomic mass is 10.1. The zero-order chi connectivity index (χ0) is 19.1. The lowest BCUT2D eigenvalue weighted by Crippen LogP contribution is -2.25. The van der Waals surface area contributed by atoms with Crippen molar-refractivity contribution in [2.24, 2.45) is 0 Å². The summed E-state index contributed by atoms with van der Waals surface area (Å²) in [5.41, 5.74) is 3.19. The van der Waals surface area contributed by atoms with Crippen LogP contribution < -0.4 is 10.1 Å². The van der Waals surface area contributed by atoms with E-state index in [2.05, 4.69) is 28.5 Å². The molecule has 27 heavy (non-hydrogen) atoms. The summed E-state index contributed by atoms with van der Waals surface area (Å²) in [6.45, 7) is 2.54. The predicted molar refractivity (Wildman–Crippen MR) is 106 cm³/mol. The van der Waals surface area contributed by atoms with E-state index in [0.29, 0.717) is 11.7 Å². The summed E-state index contributed by atoms with van der Waals surface area (Å²) < 4.78 is 7.23. The number of amides is 1. The number of aromatic nitrogens is 3. The molecular weight excluding hydrogens is 360 g/mol. The van der Waals surface area contributed by atoms with E-state index in [-0.39, 0.29) is 11.7 Å². The Kier molecular flexibility index (Phi) is 6.49. The molecule has 2 aromatic carbocycles. The van der Waals surface area contributed by atoms with Crippen LogP contribution in [0.15, 0.2) is 60.0 Å². The maximum absolute atomic E-state index is 12.3. The van der Waals surface area contributed by atoms with Crippen LogP contribution in [0.1, 0.15) is 18.1 Å². The molecule has 0 saturated heterocycles. The van der Waals surface area contributed by atoms with Gasteiger partial charge in [-0.3, -0.25) is 9.36 Å². The predicted octanol–water partition coefficient (Wildman–Crippen LogP) is 3.25. The summed E-state index contributed by atoms with van der Waals surface area (Å²) in [6, 6.07) is 15.8. The fourth-order valence-corrected chi connectivity index (χ4v) is 3.51. The molecule has 0 bridgehead atoms. The number of nitrogens with zero attached hydrogens (tertiary/aromatic N) is 3. The van der Waals surface area contributed by atoms with Crippen molar-refractivity contribution in [1.82, 2.24) is 20.1 Å². The standard InChI is InChI=1S/C20H22N4O2S/c1-3-15-8-4-6-10-17(15)24-14-22-23-20(24)27-13-19(25)21-12-16-9-5-7-11-18(16)26-2/h4-11,14H,3,12-13H2,1-2H3,(H,21,25). The van der Waals surface area contributed by atoms with Crippen molar-refractivity contribution in [2.75, 3.05) is 12.9 Å². The highest BCUT2D eigenvalue weighted by Crippen LogP contribution is 2.22. The van der Waals surface area contributed by atoms with E-state index < -0.39 is 0 Å². The van der Waals surface area contributed by atoms with Crippen LogP contribution in [0.3, 0.4) is 0 Å². The van der Waals surface area contributed by atoms with Crippen LogP contribution in [-0.4, -0.2) is 33.5 Å². The number of benzene rings is 2. The maximum Gasteiger partial charge on any atom is 0.230 e. The minimum Gasteiger partial charge on any atom is -0.496 e. The average molecular weight is 382 g/mol. The van der Waals surface area contributed by atoms with E-state index in [9.17, 15) is 4.79 Å². The highest BCUT2D eigenvalue weighted by Gasteiger charge is 2.12. The Balaban J connectivity index is 1.61. The number of thioether (sulfide) groups is 1. The average Bonchev–Trinajstić information content (AvgIpc) is 3.19. The van der Waals surface area contributed by atoms with Crippen LogP contribution in [-0.2, 0) is 17.8 Å². The fraction of sp³-hybridized carbons (Fsp3) is 0.250. The van der Waals surface area contributed by atoms with E-state index in [0.717, 1.165) is 23.4 Å². The first-order chi connectivity index (χ1) is 13.2. The van der Waals surface area contributed by atoms with Crippen LogP contribution in [0.25, 0.3) is 5.69 Å². The van der Waals surface area contributed by atoms with Crippen LogP contribution in [0.4, 0.5) is 0 Å². The molecule has 1 aromatic heterocycles. The SMILES string of the molecule is CCc1ccccc1-n1cnnc1SCC(=O)NCc1ccccc1OC. The first-order valence-corrected chi connectivity index (χ1v) is 9.71. The Hall–Kier alpha value is -2.80. The molecule has 0 unspecified atom stereocenters. The first-order valence-electron chi connectivity index (χ1n) is 8.72. The molecule has 1 heterocycles. The second-order valence-corrected chi connectivity index (χ2v) is 6.79. The quantitative estimate of drug-likeness (QED) is 0.606. The summed E-state index contributed by atoms with van der Waals surface area (Å²) >= 11 is 1.37. The number of nitrogens with one attached hydrogen (secondary N) is 1. The van der Waals surface area contributed by atoms with Crippen molar-refractivity contribution < 1.29 is 9.53 Å². The van der Waals surface area contributed by atoms with Crippen LogP contribution >= 0.6 is 11.8 Å². The Bertz CT molecular complexity index is 910. The summed E-state index contributed by atoms with van der Waals surface area (Å²) in [6.07, 6.45) is 2.60. The van der Waals surface area contributed by atoms with Gasteiger partial charge in [0.05, 0.1) is 18.6 Å². The molecule has 0 aliphatic carbocycles. The number of carbonyl (C=O) groups excluding carboxylic acids is 1. The van der Waals surface area contributed by atoms with Gasteiger partial charge in [-0.05, 0) is 24.1 Å². The van der Waals surface area contributed by atoms with Gasteiger partial charge >= 0.3 is 0 Å². The second kappa shape index (κ2) is 9.23. The Morgan fingerprint density at radius 1 is 1.15 bits per heavy atom. The largest absolute Gasteiger partial charge is 0.496 e. The first kappa shape index (κ1) is 19.0. The van der Waals surface area contributed by atoms with Gasteiger partial charge in [0.2, 0.25) is 5.91 Å². The third kappa shape index (κ3) is 4.68. The van der Waals surface area contributed by atoms with Crippen molar-refractivity contribution in [3.63, 3.8) is 0 Å². The third-order valence-corrected chi connectivity index (χ3v) is 5.09. The van der Waals surface area contributed by atoms with Gasteiger partial charge in [0.1, 0.15) is 12.1 Å². The molecule has 0 radical (unpaired) electrons. The Morgan fingerprint density at radius 2 is 1.89 bits per heavy atom. The molecule has 0 fully saturated rings. The number of rotatable bonds is 8. The molecular formula is C20H22N4O2S. The molecule has 1 N–H and O–H groups in total. The van der Waals surface area contributed by atoms with E-state index in [4.69, 9.17) is 4.74 Å². The normalized spacial score (nSPS) is 10.6. The second-order valence-electron chi connectivity index (χ2n) is 5.84. The molecule has 6 nitrogen and oxygen atoms in total. The van der Waals surface area contributed by atoms with Crippen LogP contribution in [0, 0.1) is 0 Å². The number of para-hydroxylation sites is 2. The fourth-order valence-electron chi connectivity index (χ4n) is 2.76. The highest BCUT2D eigenvalue weighted by molar-refractivity contribution is 7.99. The molecule has 1 amide bonds. The van der Waals surface area contributed by atoms with Crippen molar-refractivity contribution >= 4 is 17.7 Å². The minimum absolute atomic E-state index is 0.0655. The number of aryl methyl sites for hydroxylation is 1. The van der Waals surface area contributed by atoms with E-state index in [1.54, 1.807) is 13.4 Å². The zero-order valence-corrected chi connectivity index (χ0v) is 16.2. The minimum atomic E-state index is -0.0655. The Morgan fingerprint density at radius 3 is 2.67 bits per heavy atom. The van der Waals surface area contributed by atoms with Gasteiger partial charge in [-0.15, -0.1) is 10.2 Å². The van der Waals surface area contributed by atoms with Gasteiger partial charge in [0, 0.05) is 12.1 Å². The number of hydrogen-bond donors (Lipinski definition) is 1. The van der Waals surface area contributed by atoms with Gasteiger partial charge in [-0.1, -0.05) is 55.1 Å². The molecule has 0 aliphatic rings. The van der Waals surface area contributed by atoms with Crippen molar-refractivity contribution in [1.29, 1.82) is 0 Å². The summed E-state index contributed by atoms with van der Waals surface area (Å²) in [5.74, 6) is 0.966. The smallest absolute Gasteiger partial charge is 0.230 e. The van der Waals surface area contributed by atoms with Crippen molar-refractivity contribution in [2.45, 2.75) is 25.0 Å². The number of hydrogen-bond acceptors (Lipinski definition) is 5. The molecule has 3 rings (SSSR count). The molecule has 0 aliphatic heterocycles. The highest BCUT2D eigenvalue weighted by atomic mass is 32.2. The van der Waals surface area contributed by atoms with Gasteiger partial charge < -0.3 is 10.1 Å². The van der Waals surface area contributed by atoms with Crippen LogP contribution in [0.5, 0.6) is 5.75 Å². The lowest BCUT2D eigenvalue weighted by molar-refractivity contribution is -0.118. The van der Waals surface area contributed by atoms with Crippen molar-refractivity contribution in [3.8, 4) is 11.4 Å². The maximum atomic E-state index is 12.3. The van der Waals surface area contributed by atoms with E-state index in [1.807, 2.05) is 47.0 Å². The third-order valence-electron chi connectivity index (χ3n) is 4.15. The van der Waals surface area contributed by atoms with Gasteiger partial charge in [0.25, 0.3) is 0 Å². The molecule has 0 atom stereocenters. The van der Waals surface area contributed by atoms with Crippen LogP contribution in [0.2, 0.25) is 0 Å². The summed E-state index contributed by atoms with van der Waals surface area (Å²) in [7, 11) is 1.62. The van der Waals surface area contributed by atoms with Crippen molar-refractivity contribution in [3.05, 3.63) is 66.0 Å². The number of methoxy groups -OCH3 is 1. The number of carbonyl (C=O) groups is 1. The monoisotopic (exact) mass is 382 g/mol. The molecule has 0 saturated carbocycles. The van der Waals surface area contributed by atoms with Gasteiger partial charge in [0.15, 0.2) is 5.16 Å².